The van der Waals surface area contributed by atoms with Crippen molar-refractivity contribution in [3.8, 4) is 5.75 Å². The van der Waals surface area contributed by atoms with Crippen molar-refractivity contribution in [3.63, 3.8) is 0 Å². The van der Waals surface area contributed by atoms with Gasteiger partial charge >= 0.3 is 0 Å². The predicted molar refractivity (Wildman–Crippen MR) is 77.4 cm³/mol. The monoisotopic (exact) mass is 344 g/mol. The van der Waals surface area contributed by atoms with Crippen molar-refractivity contribution in [1.29, 1.82) is 3.56 Å². The summed E-state index contributed by atoms with van der Waals surface area (Å²) in [5, 5.41) is 0. The maximum Gasteiger partial charge on any atom is 0.119 e. The molecule has 1 aromatic carbocycles. The van der Waals surface area contributed by atoms with E-state index in [1.807, 2.05) is 12.1 Å². The lowest BCUT2D eigenvalue weighted by Crippen LogP contribution is -2.35. The lowest BCUT2D eigenvalue weighted by molar-refractivity contribution is 0.414. The van der Waals surface area contributed by atoms with Gasteiger partial charge in [-0.2, -0.15) is 0 Å². The molecule has 2 fully saturated rings. The van der Waals surface area contributed by atoms with Crippen molar-refractivity contribution in [3.05, 3.63) is 24.3 Å². The van der Waals surface area contributed by atoms with E-state index in [0.717, 1.165) is 15.6 Å². The Morgan fingerprint density at radius 3 is 2.59 bits per heavy atom. The maximum atomic E-state index is 7.65. The van der Waals surface area contributed by atoms with Gasteiger partial charge in [-0.05, 0) is 64.1 Å². The van der Waals surface area contributed by atoms with Crippen LogP contribution >= 0.6 is 21.0 Å². The van der Waals surface area contributed by atoms with Crippen LogP contribution in [0.2, 0.25) is 0 Å². The number of nitrogens with zero attached hydrogens (tertiary/aromatic N) is 1. The fourth-order valence-corrected chi connectivity index (χ4v) is 4.99. The number of nitrogens with one attached hydrogen (secondary N) is 1. The van der Waals surface area contributed by atoms with Gasteiger partial charge in [-0.3, -0.25) is 3.56 Å². The Balaban J connectivity index is 1.76. The normalized spacial score (nSPS) is 30.9. The highest BCUT2D eigenvalue weighted by Gasteiger charge is 2.44. The predicted octanol–water partition coefficient (Wildman–Crippen LogP) is 3.40. The topological polar surface area (TPSA) is 36.3 Å². The van der Waals surface area contributed by atoms with Crippen LogP contribution in [0.25, 0.3) is 0 Å². The number of hydrogen-bond donors (Lipinski definition) is 1. The zero-order valence-corrected chi connectivity index (χ0v) is 12.1. The molecule has 1 saturated carbocycles. The summed E-state index contributed by atoms with van der Waals surface area (Å²) in [6.07, 6.45) is 2.57. The molecule has 0 spiro atoms. The van der Waals surface area contributed by atoms with Crippen LogP contribution in [0.5, 0.6) is 5.75 Å². The van der Waals surface area contributed by atoms with Gasteiger partial charge < -0.3 is 9.64 Å². The van der Waals surface area contributed by atoms with Gasteiger partial charge in [0.05, 0.1) is 7.11 Å². The average molecular weight is 344 g/mol. The molecule has 0 amide bonds. The number of alkyl halides is 1. The molecule has 1 N–H and O–H groups in total. The molecule has 1 aliphatic heterocycles. The van der Waals surface area contributed by atoms with Crippen molar-refractivity contribution in [1.82, 2.24) is 0 Å². The van der Waals surface area contributed by atoms with E-state index in [-0.39, 0.29) is 21.0 Å². The molecule has 1 unspecified atom stereocenters. The molecule has 92 valence electrons. The number of halogens is 1. The minimum Gasteiger partial charge on any atom is -0.497 e. The first kappa shape index (κ1) is 11.4. The molecule has 1 saturated heterocycles. The Morgan fingerprint density at radius 2 is 2.06 bits per heavy atom. The number of fused-ring (bicyclic) bond motifs is 2. The van der Waals surface area contributed by atoms with Crippen LogP contribution in [0.3, 0.4) is 0 Å². The third-order valence-corrected chi connectivity index (χ3v) is 6.33. The van der Waals surface area contributed by atoms with E-state index in [2.05, 4.69) is 17.0 Å². The zero-order chi connectivity index (χ0) is 11.8. The number of anilines is 1. The number of rotatable bonds is 3. The van der Waals surface area contributed by atoms with E-state index < -0.39 is 0 Å². The summed E-state index contributed by atoms with van der Waals surface area (Å²) in [4.78, 5) is 2.53. The number of methoxy groups -OCH3 is 1. The Hall–Kier alpha value is -0.650. The first-order valence-electron chi connectivity index (χ1n) is 6.01. The van der Waals surface area contributed by atoms with Gasteiger partial charge in [-0.25, -0.2) is 0 Å². The second-order valence-corrected chi connectivity index (χ2v) is 7.08. The van der Waals surface area contributed by atoms with Crippen LogP contribution in [0.1, 0.15) is 12.8 Å². The lowest BCUT2D eigenvalue weighted by atomic mass is 10.1. The second-order valence-electron chi connectivity index (χ2n) is 4.86. The number of hydrogen-bond acceptors (Lipinski definition) is 3. The molecular formula is C13H17IN2O. The molecule has 1 aliphatic carbocycles. The van der Waals surface area contributed by atoms with E-state index in [0.29, 0.717) is 6.04 Å². The molecule has 17 heavy (non-hydrogen) atoms. The summed E-state index contributed by atoms with van der Waals surface area (Å²) in [5.74, 6) is 1.72. The second kappa shape index (κ2) is 4.55. The van der Waals surface area contributed by atoms with E-state index in [9.17, 15) is 0 Å². The fraction of sp³-hybridized carbons (Fsp3) is 0.538. The van der Waals surface area contributed by atoms with E-state index in [1.165, 1.54) is 25.1 Å². The van der Waals surface area contributed by atoms with E-state index in [4.69, 9.17) is 8.30 Å². The first-order valence-corrected chi connectivity index (χ1v) is 8.34. The van der Waals surface area contributed by atoms with Crippen LogP contribution in [0.4, 0.5) is 5.69 Å². The smallest absolute Gasteiger partial charge is 0.119 e. The molecule has 1 aromatic rings. The van der Waals surface area contributed by atoms with Gasteiger partial charge in [-0.15, -0.1) is 0 Å². The maximum absolute atomic E-state index is 7.65. The molecule has 3 rings (SSSR count). The Labute approximate surface area is 112 Å². The highest BCUT2D eigenvalue weighted by molar-refractivity contribution is 14.1. The van der Waals surface area contributed by atoms with E-state index in [1.54, 1.807) is 7.11 Å². The van der Waals surface area contributed by atoms with Crippen LogP contribution in [0, 0.1) is 9.48 Å². The van der Waals surface area contributed by atoms with E-state index >= 15 is 0 Å². The van der Waals surface area contributed by atoms with Gasteiger partial charge in [0.1, 0.15) is 5.75 Å². The standard InChI is InChI=1S/C13H17IN2O/c1-17-12-4-2-10(3-5-12)16-8-9-6-11(16)7-13(9)14-15/h2-5,9,11,13,15H,6-8H2,1H3/t9-,11-,13?/m1/s1. The molecule has 3 atom stereocenters. The molecule has 2 aliphatic rings. The summed E-state index contributed by atoms with van der Waals surface area (Å²) < 4.78 is 13.6. The molecule has 0 radical (unpaired) electrons. The average Bonchev–Trinajstić information content (AvgIpc) is 2.98. The number of piperidine rings is 1. The van der Waals surface area contributed by atoms with Gasteiger partial charge in [0.25, 0.3) is 0 Å². The van der Waals surface area contributed by atoms with Crippen molar-refractivity contribution in [2.45, 2.75) is 22.8 Å². The van der Waals surface area contributed by atoms with Crippen molar-refractivity contribution >= 4 is 26.7 Å². The minimum absolute atomic E-state index is 0.307. The molecule has 2 bridgehead atoms. The first-order chi connectivity index (χ1) is 8.31. The van der Waals surface area contributed by atoms with Crippen molar-refractivity contribution in [2.75, 3.05) is 18.6 Å². The highest BCUT2D eigenvalue weighted by atomic mass is 127. The summed E-state index contributed by atoms with van der Waals surface area (Å²) in [6, 6.07) is 9.09. The summed E-state index contributed by atoms with van der Waals surface area (Å²) in [6.45, 7) is 1.17. The summed E-state index contributed by atoms with van der Waals surface area (Å²) >= 11 is -0.307. The summed E-state index contributed by atoms with van der Waals surface area (Å²) in [5.41, 5.74) is 1.32. The van der Waals surface area contributed by atoms with Crippen LogP contribution in [-0.2, 0) is 0 Å². The lowest BCUT2D eigenvalue weighted by Gasteiger charge is -2.31. The Kier molecular flexibility index (Phi) is 3.06. The zero-order valence-electron chi connectivity index (χ0n) is 9.90. The van der Waals surface area contributed by atoms with Crippen molar-refractivity contribution < 1.29 is 4.74 Å². The molecule has 3 nitrogen and oxygen atoms in total. The highest BCUT2D eigenvalue weighted by Crippen LogP contribution is 2.45. The SMILES string of the molecule is COc1ccc(N2C[C@H]3C[C@@H]2CC3I=N)cc1. The fourth-order valence-electron chi connectivity index (χ4n) is 3.11. The third-order valence-electron chi connectivity index (χ3n) is 4.00. The summed E-state index contributed by atoms with van der Waals surface area (Å²) in [7, 11) is 1.70. The largest absolute Gasteiger partial charge is 0.497 e. The van der Waals surface area contributed by atoms with Gasteiger partial charge in [0, 0.05) is 22.2 Å². The molecule has 1 heterocycles. The quantitative estimate of drug-likeness (QED) is 0.674. The minimum atomic E-state index is -0.307. The Bertz CT molecular complexity index is 420. The van der Waals surface area contributed by atoms with Crippen LogP contribution < -0.4 is 9.64 Å². The van der Waals surface area contributed by atoms with Gasteiger partial charge in [0.2, 0.25) is 0 Å². The number of ether oxygens (including phenoxy) is 1. The molecule has 0 aromatic heterocycles. The number of benzene rings is 1. The molecular weight excluding hydrogens is 327 g/mol. The van der Waals surface area contributed by atoms with Crippen LogP contribution in [0.15, 0.2) is 24.3 Å². The van der Waals surface area contributed by atoms with Crippen molar-refractivity contribution in [2.24, 2.45) is 5.92 Å². The molecule has 4 heteroatoms. The third kappa shape index (κ3) is 1.96. The van der Waals surface area contributed by atoms with Gasteiger partial charge in [0.15, 0.2) is 0 Å². The van der Waals surface area contributed by atoms with Crippen LogP contribution in [-0.4, -0.2) is 23.6 Å². The van der Waals surface area contributed by atoms with Gasteiger partial charge in [-0.1, -0.05) is 0 Å². The Morgan fingerprint density at radius 1 is 1.29 bits per heavy atom.